The summed E-state index contributed by atoms with van der Waals surface area (Å²) in [5.74, 6) is 0.260. The predicted molar refractivity (Wildman–Crippen MR) is 88.8 cm³/mol. The van der Waals surface area contributed by atoms with Gasteiger partial charge in [0.1, 0.15) is 11.5 Å². The lowest BCUT2D eigenvalue weighted by Gasteiger charge is -2.09. The number of carbonyl (C=O) groups excluding carboxylic acids is 2. The van der Waals surface area contributed by atoms with Gasteiger partial charge in [-0.05, 0) is 36.3 Å². The number of allylic oxidation sites excluding steroid dienone is 1. The van der Waals surface area contributed by atoms with Crippen molar-refractivity contribution >= 4 is 17.8 Å². The first kappa shape index (κ1) is 15.9. The lowest BCUT2D eigenvalue weighted by atomic mass is 10.0. The first-order valence-electron chi connectivity index (χ1n) is 7.66. The third-order valence-electron chi connectivity index (χ3n) is 3.62. The zero-order valence-corrected chi connectivity index (χ0v) is 13.7. The van der Waals surface area contributed by atoms with Crippen LogP contribution in [0.5, 0.6) is 11.5 Å². The highest BCUT2D eigenvalue weighted by Crippen LogP contribution is 2.37. The molecule has 0 radical (unpaired) electrons. The number of hydrogen-bond acceptors (Lipinski definition) is 5. The Labute approximate surface area is 139 Å². The Morgan fingerprint density at radius 2 is 2.12 bits per heavy atom. The highest BCUT2D eigenvalue weighted by atomic mass is 16.5. The minimum absolute atomic E-state index is 0.187. The van der Waals surface area contributed by atoms with Gasteiger partial charge in [-0.15, -0.1) is 0 Å². The molecule has 2 heterocycles. The smallest absolute Gasteiger partial charge is 0.313 e. The minimum Gasteiger partial charge on any atom is -0.452 e. The van der Waals surface area contributed by atoms with E-state index in [0.29, 0.717) is 22.6 Å². The first-order valence-corrected chi connectivity index (χ1v) is 7.66. The maximum atomic E-state index is 12.5. The fourth-order valence-corrected chi connectivity index (χ4v) is 2.38. The summed E-state index contributed by atoms with van der Waals surface area (Å²) in [6.07, 6.45) is 4.96. The van der Waals surface area contributed by atoms with Crippen molar-refractivity contribution in [3.63, 3.8) is 0 Å². The van der Waals surface area contributed by atoms with Crippen molar-refractivity contribution in [2.24, 2.45) is 5.92 Å². The average molecular weight is 323 g/mol. The van der Waals surface area contributed by atoms with Gasteiger partial charge >= 0.3 is 5.97 Å². The van der Waals surface area contributed by atoms with Gasteiger partial charge < -0.3 is 9.47 Å². The summed E-state index contributed by atoms with van der Waals surface area (Å²) in [4.78, 5) is 28.3. The van der Waals surface area contributed by atoms with Crippen LogP contribution in [0.1, 0.15) is 35.3 Å². The molecule has 1 aromatic carbocycles. The number of aromatic nitrogens is 1. The third kappa shape index (κ3) is 3.06. The van der Waals surface area contributed by atoms with Gasteiger partial charge in [-0.3, -0.25) is 14.6 Å². The molecular formula is C19H17NO4. The Bertz CT molecular complexity index is 838. The number of nitrogens with zero attached hydrogens (tertiary/aromatic N) is 1. The van der Waals surface area contributed by atoms with Gasteiger partial charge in [-0.2, -0.15) is 0 Å². The Hall–Kier alpha value is -2.95. The molecular weight excluding hydrogens is 306 g/mol. The molecule has 3 rings (SSSR count). The topological polar surface area (TPSA) is 65.5 Å². The molecule has 0 saturated carbocycles. The van der Waals surface area contributed by atoms with Crippen molar-refractivity contribution in [3.8, 4) is 11.5 Å². The molecule has 1 aromatic heterocycles. The second-order valence-corrected chi connectivity index (χ2v) is 5.92. The molecule has 2 aromatic rings. The van der Waals surface area contributed by atoms with Gasteiger partial charge in [0.05, 0.1) is 11.5 Å². The van der Waals surface area contributed by atoms with Crippen LogP contribution in [0.2, 0.25) is 0 Å². The Morgan fingerprint density at radius 1 is 1.33 bits per heavy atom. The fraction of sp³-hybridized carbons (Fsp3) is 0.211. The number of hydrogen-bond donors (Lipinski definition) is 0. The molecule has 1 aliphatic heterocycles. The number of fused-ring (bicyclic) bond motifs is 1. The molecule has 0 saturated heterocycles. The largest absolute Gasteiger partial charge is 0.452 e. The normalized spacial score (nSPS) is 14.7. The molecule has 0 unspecified atom stereocenters. The van der Waals surface area contributed by atoms with Gasteiger partial charge in [0, 0.05) is 18.5 Å². The van der Waals surface area contributed by atoms with Gasteiger partial charge in [-0.25, -0.2) is 0 Å². The van der Waals surface area contributed by atoms with Gasteiger partial charge in [-0.1, -0.05) is 19.9 Å². The van der Waals surface area contributed by atoms with Crippen LogP contribution in [-0.2, 0) is 4.79 Å². The van der Waals surface area contributed by atoms with Crippen LogP contribution in [0.15, 0.2) is 42.4 Å². The van der Waals surface area contributed by atoms with Crippen LogP contribution < -0.4 is 9.47 Å². The molecule has 5 heteroatoms. The summed E-state index contributed by atoms with van der Waals surface area (Å²) in [6.45, 7) is 5.31. The Morgan fingerprint density at radius 3 is 2.79 bits per heavy atom. The maximum absolute atomic E-state index is 12.5. The van der Waals surface area contributed by atoms with E-state index in [9.17, 15) is 9.59 Å². The maximum Gasteiger partial charge on any atom is 0.313 e. The van der Waals surface area contributed by atoms with Crippen molar-refractivity contribution < 1.29 is 19.1 Å². The Kier molecular flexibility index (Phi) is 4.16. The van der Waals surface area contributed by atoms with Crippen LogP contribution >= 0.6 is 0 Å². The zero-order chi connectivity index (χ0) is 17.3. The summed E-state index contributed by atoms with van der Waals surface area (Å²) in [6, 6.07) is 6.87. The van der Waals surface area contributed by atoms with Crippen LogP contribution in [0.3, 0.4) is 0 Å². The fourth-order valence-electron chi connectivity index (χ4n) is 2.38. The van der Waals surface area contributed by atoms with E-state index in [0.717, 1.165) is 5.56 Å². The van der Waals surface area contributed by atoms with Crippen molar-refractivity contribution in [1.82, 2.24) is 4.98 Å². The zero-order valence-electron chi connectivity index (χ0n) is 13.7. The number of ether oxygens (including phenoxy) is 2. The second kappa shape index (κ2) is 6.28. The quantitative estimate of drug-likeness (QED) is 0.491. The summed E-state index contributed by atoms with van der Waals surface area (Å²) >= 11 is 0. The van der Waals surface area contributed by atoms with Gasteiger partial charge in [0.25, 0.3) is 0 Å². The summed E-state index contributed by atoms with van der Waals surface area (Å²) in [5, 5.41) is 0. The van der Waals surface area contributed by atoms with Crippen molar-refractivity contribution in [3.05, 3.63) is 59.1 Å². The van der Waals surface area contributed by atoms with Gasteiger partial charge in [0.2, 0.25) is 5.78 Å². The van der Waals surface area contributed by atoms with Crippen molar-refractivity contribution in [1.29, 1.82) is 0 Å². The summed E-state index contributed by atoms with van der Waals surface area (Å²) in [7, 11) is 0. The molecule has 0 aliphatic carbocycles. The highest BCUT2D eigenvalue weighted by molar-refractivity contribution is 6.15. The van der Waals surface area contributed by atoms with E-state index in [1.165, 1.54) is 0 Å². The summed E-state index contributed by atoms with van der Waals surface area (Å²) in [5.41, 5.74) is 1.98. The molecule has 1 aliphatic rings. The molecule has 0 atom stereocenters. The third-order valence-corrected chi connectivity index (χ3v) is 3.62. The highest BCUT2D eigenvalue weighted by Gasteiger charge is 2.30. The predicted octanol–water partition coefficient (Wildman–Crippen LogP) is 3.57. The monoisotopic (exact) mass is 323 g/mol. The lowest BCUT2D eigenvalue weighted by Crippen LogP contribution is -2.14. The SMILES string of the molecule is Cc1cc(OC(=O)C(C)C)cc2c1C(=O)/C(=C/c1cccnc1)O2. The van der Waals surface area contributed by atoms with E-state index in [4.69, 9.17) is 9.47 Å². The molecule has 0 spiro atoms. The molecule has 122 valence electrons. The number of Topliss-reactive ketones (excluding diaryl/α,β-unsaturated/α-hetero) is 1. The van der Waals surface area contributed by atoms with E-state index in [1.807, 2.05) is 6.07 Å². The van der Waals surface area contributed by atoms with Gasteiger partial charge in [0.15, 0.2) is 5.76 Å². The van der Waals surface area contributed by atoms with Crippen LogP contribution in [0, 0.1) is 12.8 Å². The second-order valence-electron chi connectivity index (χ2n) is 5.92. The van der Waals surface area contributed by atoms with E-state index < -0.39 is 0 Å². The van der Waals surface area contributed by atoms with Crippen molar-refractivity contribution in [2.45, 2.75) is 20.8 Å². The number of aryl methyl sites for hydroxylation is 1. The molecule has 24 heavy (non-hydrogen) atoms. The van der Waals surface area contributed by atoms with Crippen LogP contribution in [0.4, 0.5) is 0 Å². The molecule has 0 fully saturated rings. The van der Waals surface area contributed by atoms with Crippen molar-refractivity contribution in [2.75, 3.05) is 0 Å². The van der Waals surface area contributed by atoms with Crippen LogP contribution in [0.25, 0.3) is 6.08 Å². The number of ketones is 1. The molecule has 0 bridgehead atoms. The Balaban J connectivity index is 1.92. The number of carbonyl (C=O) groups is 2. The number of rotatable bonds is 3. The lowest BCUT2D eigenvalue weighted by molar-refractivity contribution is -0.137. The van der Waals surface area contributed by atoms with Crippen LogP contribution in [-0.4, -0.2) is 16.7 Å². The van der Waals surface area contributed by atoms with E-state index >= 15 is 0 Å². The standard InChI is InChI=1S/C19H17NO4/c1-11(2)19(22)23-14-7-12(3)17-15(9-14)24-16(18(17)21)8-13-5-4-6-20-10-13/h4-11H,1-3H3/b16-8-. The number of benzene rings is 1. The van der Waals surface area contributed by atoms with E-state index in [-0.39, 0.29) is 23.4 Å². The molecule has 0 amide bonds. The first-order chi connectivity index (χ1) is 11.5. The minimum atomic E-state index is -0.329. The van der Waals surface area contributed by atoms with E-state index in [1.54, 1.807) is 57.4 Å². The molecule has 5 nitrogen and oxygen atoms in total. The van der Waals surface area contributed by atoms with E-state index in [2.05, 4.69) is 4.98 Å². The number of esters is 1. The summed E-state index contributed by atoms with van der Waals surface area (Å²) < 4.78 is 11.0. The number of pyridine rings is 1. The average Bonchev–Trinajstić information content (AvgIpc) is 2.84. The molecule has 0 N–H and O–H groups in total.